The smallest absolute Gasteiger partial charge is 0.416 e. The molecule has 0 aromatic heterocycles. The molecule has 1 saturated heterocycles. The number of nitrogens with two attached hydrogens (primary N) is 1. The van der Waals surface area contributed by atoms with Crippen LogP contribution in [0.15, 0.2) is 18.2 Å². The van der Waals surface area contributed by atoms with Gasteiger partial charge in [-0.25, -0.2) is 4.79 Å². The molecule has 1 heterocycles. The van der Waals surface area contributed by atoms with Crippen molar-refractivity contribution in [1.29, 1.82) is 0 Å². The van der Waals surface area contributed by atoms with Gasteiger partial charge < -0.3 is 20.7 Å². The number of benzene rings is 1. The molecule has 1 fully saturated rings. The molecule has 1 aromatic rings. The molecule has 5 nitrogen and oxygen atoms in total. The quantitative estimate of drug-likeness (QED) is 0.797. The summed E-state index contributed by atoms with van der Waals surface area (Å²) in [6.45, 7) is 6.78. The van der Waals surface area contributed by atoms with Crippen LogP contribution in [0.5, 0.6) is 0 Å². The van der Waals surface area contributed by atoms with E-state index in [0.29, 0.717) is 31.6 Å². The van der Waals surface area contributed by atoms with Crippen molar-refractivity contribution in [2.75, 3.05) is 25.4 Å². The van der Waals surface area contributed by atoms with Crippen LogP contribution in [-0.4, -0.2) is 42.3 Å². The third-order valence-corrected chi connectivity index (χ3v) is 3.73. The van der Waals surface area contributed by atoms with Gasteiger partial charge >= 0.3 is 12.3 Å². The molecule has 3 N–H and O–H groups in total. The number of ether oxygens (including phenoxy) is 1. The van der Waals surface area contributed by atoms with E-state index in [4.69, 9.17) is 10.5 Å². The van der Waals surface area contributed by atoms with Gasteiger partial charge in [-0.3, -0.25) is 0 Å². The van der Waals surface area contributed by atoms with Crippen LogP contribution in [0.4, 0.5) is 23.7 Å². The highest BCUT2D eigenvalue weighted by Gasteiger charge is 2.32. The zero-order valence-corrected chi connectivity index (χ0v) is 14.6. The van der Waals surface area contributed by atoms with E-state index in [0.717, 1.165) is 12.1 Å². The number of carbonyl (C=O) groups is 1. The Kier molecular flexibility index (Phi) is 5.51. The summed E-state index contributed by atoms with van der Waals surface area (Å²) in [7, 11) is 0. The van der Waals surface area contributed by atoms with Crippen LogP contribution < -0.4 is 11.1 Å². The van der Waals surface area contributed by atoms with Gasteiger partial charge in [0.2, 0.25) is 0 Å². The Labute approximate surface area is 145 Å². The van der Waals surface area contributed by atoms with E-state index in [9.17, 15) is 18.0 Å². The standard InChI is InChI=1S/C17H24F3N3O2/c1-16(2,3)25-15(24)23-5-4-22-14(10-23)8-11-6-12(17(18,19)20)9-13(21)7-11/h6-7,9,14,22H,4-5,8,10,21H2,1-3H3. The maximum atomic E-state index is 12.9. The lowest BCUT2D eigenvalue weighted by atomic mass is 10.0. The van der Waals surface area contributed by atoms with Crippen molar-refractivity contribution in [2.45, 2.75) is 45.0 Å². The van der Waals surface area contributed by atoms with Gasteiger partial charge in [-0.15, -0.1) is 0 Å². The molecule has 1 aromatic carbocycles. The number of amides is 1. The first kappa shape index (κ1) is 19.4. The van der Waals surface area contributed by atoms with Gasteiger partial charge in [-0.05, 0) is 51.0 Å². The lowest BCUT2D eigenvalue weighted by Crippen LogP contribution is -2.54. The Morgan fingerprint density at radius 3 is 2.60 bits per heavy atom. The minimum atomic E-state index is -4.44. The number of nitrogen functional groups attached to an aromatic ring is 1. The fraction of sp³-hybridized carbons (Fsp3) is 0.588. The first-order chi connectivity index (χ1) is 11.4. The Morgan fingerprint density at radius 2 is 2.00 bits per heavy atom. The second-order valence-corrected chi connectivity index (χ2v) is 7.24. The Bertz CT molecular complexity index is 627. The number of rotatable bonds is 2. The average Bonchev–Trinajstić information content (AvgIpc) is 2.44. The van der Waals surface area contributed by atoms with Crippen LogP contribution in [0.3, 0.4) is 0 Å². The highest BCUT2D eigenvalue weighted by atomic mass is 19.4. The summed E-state index contributed by atoms with van der Waals surface area (Å²) in [5.41, 5.74) is 4.81. The minimum Gasteiger partial charge on any atom is -0.444 e. The maximum Gasteiger partial charge on any atom is 0.416 e. The molecule has 25 heavy (non-hydrogen) atoms. The van der Waals surface area contributed by atoms with E-state index in [-0.39, 0.29) is 11.7 Å². The van der Waals surface area contributed by atoms with E-state index in [2.05, 4.69) is 5.32 Å². The largest absolute Gasteiger partial charge is 0.444 e. The fourth-order valence-electron chi connectivity index (χ4n) is 2.74. The van der Waals surface area contributed by atoms with Crippen LogP contribution in [0.1, 0.15) is 31.9 Å². The Balaban J connectivity index is 2.05. The third-order valence-electron chi connectivity index (χ3n) is 3.73. The molecule has 1 atom stereocenters. The number of anilines is 1. The number of nitrogens with one attached hydrogen (secondary N) is 1. The second-order valence-electron chi connectivity index (χ2n) is 7.24. The molecule has 0 saturated carbocycles. The van der Waals surface area contributed by atoms with Crippen molar-refractivity contribution >= 4 is 11.8 Å². The summed E-state index contributed by atoms with van der Waals surface area (Å²) < 4.78 is 44.1. The zero-order chi connectivity index (χ0) is 18.8. The van der Waals surface area contributed by atoms with Crippen LogP contribution in [0.2, 0.25) is 0 Å². The van der Waals surface area contributed by atoms with Crippen molar-refractivity contribution in [3.8, 4) is 0 Å². The lowest BCUT2D eigenvalue weighted by molar-refractivity contribution is -0.137. The van der Waals surface area contributed by atoms with Gasteiger partial charge in [0.05, 0.1) is 5.56 Å². The second kappa shape index (κ2) is 7.11. The monoisotopic (exact) mass is 359 g/mol. The summed E-state index contributed by atoms with van der Waals surface area (Å²) >= 11 is 0. The highest BCUT2D eigenvalue weighted by molar-refractivity contribution is 5.68. The number of halogens is 3. The number of carbonyl (C=O) groups excluding carboxylic acids is 1. The van der Waals surface area contributed by atoms with Gasteiger partial charge in [0.1, 0.15) is 5.60 Å². The van der Waals surface area contributed by atoms with Gasteiger partial charge in [0.25, 0.3) is 0 Å². The first-order valence-corrected chi connectivity index (χ1v) is 8.12. The number of piperazine rings is 1. The number of nitrogens with zero attached hydrogens (tertiary/aromatic N) is 1. The van der Waals surface area contributed by atoms with Crippen molar-refractivity contribution in [3.05, 3.63) is 29.3 Å². The highest BCUT2D eigenvalue weighted by Crippen LogP contribution is 2.31. The Morgan fingerprint density at radius 1 is 1.32 bits per heavy atom. The third kappa shape index (κ3) is 5.81. The summed E-state index contributed by atoms with van der Waals surface area (Å²) in [5, 5.41) is 3.22. The topological polar surface area (TPSA) is 67.6 Å². The van der Waals surface area contributed by atoms with Gasteiger partial charge in [-0.2, -0.15) is 13.2 Å². The predicted octanol–water partition coefficient (Wildman–Crippen LogP) is 3.04. The normalized spacial score (nSPS) is 19.0. The molecule has 2 rings (SSSR count). The lowest BCUT2D eigenvalue weighted by Gasteiger charge is -2.35. The van der Waals surface area contributed by atoms with Crippen LogP contribution in [0, 0.1) is 0 Å². The summed E-state index contributed by atoms with van der Waals surface area (Å²) in [5.74, 6) is 0. The first-order valence-electron chi connectivity index (χ1n) is 8.12. The molecule has 1 unspecified atom stereocenters. The summed E-state index contributed by atoms with van der Waals surface area (Å²) in [4.78, 5) is 13.7. The molecule has 0 aliphatic carbocycles. The average molecular weight is 359 g/mol. The molecule has 1 amide bonds. The van der Waals surface area contributed by atoms with E-state index in [1.165, 1.54) is 6.07 Å². The molecular formula is C17H24F3N3O2. The number of alkyl halides is 3. The fourth-order valence-corrected chi connectivity index (χ4v) is 2.74. The summed E-state index contributed by atoms with van der Waals surface area (Å²) in [6.07, 6.45) is -4.51. The van der Waals surface area contributed by atoms with Crippen molar-refractivity contribution in [2.24, 2.45) is 0 Å². The zero-order valence-electron chi connectivity index (χ0n) is 14.6. The molecule has 1 aliphatic heterocycles. The van der Waals surface area contributed by atoms with E-state index >= 15 is 0 Å². The minimum absolute atomic E-state index is 0.0737. The van der Waals surface area contributed by atoms with Gasteiger partial charge in [0, 0.05) is 31.4 Å². The molecule has 8 heteroatoms. The molecular weight excluding hydrogens is 335 g/mol. The molecule has 0 radical (unpaired) electrons. The van der Waals surface area contributed by atoms with Crippen molar-refractivity contribution in [1.82, 2.24) is 10.2 Å². The van der Waals surface area contributed by atoms with Crippen molar-refractivity contribution < 1.29 is 22.7 Å². The van der Waals surface area contributed by atoms with Crippen LogP contribution in [-0.2, 0) is 17.3 Å². The SMILES string of the molecule is CC(C)(C)OC(=O)N1CCNC(Cc2cc(N)cc(C(F)(F)F)c2)C1. The van der Waals surface area contributed by atoms with Gasteiger partial charge in [0.15, 0.2) is 0 Å². The maximum absolute atomic E-state index is 12.9. The molecule has 0 spiro atoms. The Hall–Kier alpha value is -1.96. The molecule has 140 valence electrons. The summed E-state index contributed by atoms with van der Waals surface area (Å²) in [6, 6.07) is 3.39. The van der Waals surface area contributed by atoms with Gasteiger partial charge in [-0.1, -0.05) is 0 Å². The van der Waals surface area contributed by atoms with E-state index < -0.39 is 23.4 Å². The number of hydrogen-bond acceptors (Lipinski definition) is 4. The van der Waals surface area contributed by atoms with E-state index in [1.54, 1.807) is 25.7 Å². The molecule has 1 aliphatic rings. The van der Waals surface area contributed by atoms with E-state index in [1.807, 2.05) is 0 Å². The van der Waals surface area contributed by atoms with Crippen LogP contribution >= 0.6 is 0 Å². The van der Waals surface area contributed by atoms with Crippen LogP contribution in [0.25, 0.3) is 0 Å². The molecule has 0 bridgehead atoms. The number of hydrogen-bond donors (Lipinski definition) is 2. The van der Waals surface area contributed by atoms with Crippen molar-refractivity contribution in [3.63, 3.8) is 0 Å². The predicted molar refractivity (Wildman–Crippen MR) is 89.2 cm³/mol.